The van der Waals surface area contributed by atoms with Crippen molar-refractivity contribution >= 4 is 43.8 Å². The molecule has 0 aliphatic heterocycles. The summed E-state index contributed by atoms with van der Waals surface area (Å²) in [7, 11) is 0. The molecule has 0 fully saturated rings. The molecular formula is C18H15FN2O4S. The Morgan fingerprint density at radius 1 is 1.31 bits per heavy atom. The predicted octanol–water partition coefficient (Wildman–Crippen LogP) is 5.18. The summed E-state index contributed by atoms with van der Waals surface area (Å²) >= 11 is 1.26. The van der Waals surface area contributed by atoms with Crippen LogP contribution in [0.25, 0.3) is 10.1 Å². The van der Waals surface area contributed by atoms with E-state index in [1.165, 1.54) is 11.3 Å². The summed E-state index contributed by atoms with van der Waals surface area (Å²) in [6.07, 6.45) is 0. The number of rotatable bonds is 5. The van der Waals surface area contributed by atoms with Gasteiger partial charge in [0.05, 0.1) is 11.5 Å². The minimum absolute atomic E-state index is 0.0242. The number of halogens is 1. The third kappa shape index (κ3) is 3.36. The number of anilines is 2. The van der Waals surface area contributed by atoms with E-state index in [4.69, 9.17) is 4.74 Å². The van der Waals surface area contributed by atoms with Crippen LogP contribution in [0.5, 0.6) is 0 Å². The van der Waals surface area contributed by atoms with Crippen molar-refractivity contribution in [1.29, 1.82) is 0 Å². The van der Waals surface area contributed by atoms with E-state index >= 15 is 0 Å². The number of esters is 1. The number of fused-ring (bicyclic) bond motifs is 1. The van der Waals surface area contributed by atoms with Crippen molar-refractivity contribution in [2.24, 2.45) is 0 Å². The summed E-state index contributed by atoms with van der Waals surface area (Å²) in [5, 5.41) is 15.1. The molecule has 0 aliphatic rings. The number of carbonyl (C=O) groups excluding carboxylic acids is 1. The highest BCUT2D eigenvalue weighted by Crippen LogP contribution is 2.40. The highest BCUT2D eigenvalue weighted by molar-refractivity contribution is 7.23. The fourth-order valence-electron chi connectivity index (χ4n) is 2.59. The Balaban J connectivity index is 2.16. The highest BCUT2D eigenvalue weighted by Gasteiger charge is 2.23. The van der Waals surface area contributed by atoms with Crippen LogP contribution in [0.15, 0.2) is 36.4 Å². The van der Waals surface area contributed by atoms with E-state index < -0.39 is 16.7 Å². The molecule has 0 aliphatic carbocycles. The summed E-state index contributed by atoms with van der Waals surface area (Å²) in [5.41, 5.74) is 0.988. The normalized spacial score (nSPS) is 10.7. The molecule has 0 amide bonds. The van der Waals surface area contributed by atoms with E-state index in [-0.39, 0.29) is 23.5 Å². The van der Waals surface area contributed by atoms with Gasteiger partial charge >= 0.3 is 5.97 Å². The predicted molar refractivity (Wildman–Crippen MR) is 98.9 cm³/mol. The van der Waals surface area contributed by atoms with E-state index in [0.29, 0.717) is 10.4 Å². The summed E-state index contributed by atoms with van der Waals surface area (Å²) in [6, 6.07) is 8.71. The van der Waals surface area contributed by atoms with Gasteiger partial charge in [-0.05, 0) is 31.5 Å². The third-order valence-corrected chi connectivity index (χ3v) is 4.80. The first-order chi connectivity index (χ1) is 12.4. The highest BCUT2D eigenvalue weighted by atomic mass is 32.1. The van der Waals surface area contributed by atoms with E-state index in [1.54, 1.807) is 13.0 Å². The number of aryl methyl sites for hydroxylation is 1. The maximum atomic E-state index is 13.6. The minimum atomic E-state index is -0.618. The maximum absolute atomic E-state index is 13.6. The van der Waals surface area contributed by atoms with Crippen LogP contribution in [0.4, 0.5) is 20.8 Å². The number of nitro groups is 1. The van der Waals surface area contributed by atoms with Crippen molar-refractivity contribution < 1.29 is 18.8 Å². The van der Waals surface area contributed by atoms with Gasteiger partial charge in [-0.3, -0.25) is 10.1 Å². The fourth-order valence-corrected chi connectivity index (χ4v) is 3.79. The first kappa shape index (κ1) is 17.8. The van der Waals surface area contributed by atoms with Crippen LogP contribution < -0.4 is 5.32 Å². The molecule has 0 atom stereocenters. The molecule has 1 heterocycles. The zero-order chi connectivity index (χ0) is 18.8. The largest absolute Gasteiger partial charge is 0.462 e. The van der Waals surface area contributed by atoms with Crippen molar-refractivity contribution in [3.8, 4) is 0 Å². The first-order valence-electron chi connectivity index (χ1n) is 7.82. The van der Waals surface area contributed by atoms with Crippen LogP contribution in [0.3, 0.4) is 0 Å². The monoisotopic (exact) mass is 374 g/mol. The average molecular weight is 374 g/mol. The summed E-state index contributed by atoms with van der Waals surface area (Å²) in [5.74, 6) is -1.16. The number of ether oxygens (including phenoxy) is 1. The quantitative estimate of drug-likeness (QED) is 0.378. The van der Waals surface area contributed by atoms with Gasteiger partial charge in [0, 0.05) is 22.2 Å². The smallest absolute Gasteiger partial charge is 0.341 e. The molecular weight excluding hydrogens is 359 g/mol. The van der Waals surface area contributed by atoms with Crippen LogP contribution in [-0.2, 0) is 4.74 Å². The molecule has 0 spiro atoms. The van der Waals surface area contributed by atoms with Crippen LogP contribution in [-0.4, -0.2) is 17.5 Å². The van der Waals surface area contributed by atoms with Crippen molar-refractivity contribution in [2.45, 2.75) is 13.8 Å². The number of hydrogen-bond acceptors (Lipinski definition) is 6. The van der Waals surface area contributed by atoms with Gasteiger partial charge in [0.2, 0.25) is 0 Å². The maximum Gasteiger partial charge on any atom is 0.341 e. The van der Waals surface area contributed by atoms with Crippen LogP contribution in [0, 0.1) is 22.9 Å². The van der Waals surface area contributed by atoms with Gasteiger partial charge < -0.3 is 10.1 Å². The van der Waals surface area contributed by atoms with Gasteiger partial charge in [-0.25, -0.2) is 9.18 Å². The van der Waals surface area contributed by atoms with Gasteiger partial charge in [-0.1, -0.05) is 12.1 Å². The SMILES string of the molecule is CCOC(=O)c1c(Nc2cc(F)ccc2[N+](=O)[O-])sc2cc(C)ccc12. The molecule has 134 valence electrons. The zero-order valence-corrected chi connectivity index (χ0v) is 14.9. The van der Waals surface area contributed by atoms with Crippen LogP contribution in [0.2, 0.25) is 0 Å². The number of benzene rings is 2. The Kier molecular flexibility index (Phi) is 4.85. The molecule has 0 saturated carbocycles. The van der Waals surface area contributed by atoms with Gasteiger partial charge in [0.25, 0.3) is 5.69 Å². The van der Waals surface area contributed by atoms with Crippen LogP contribution >= 0.6 is 11.3 Å². The number of thiophene rings is 1. The third-order valence-electron chi connectivity index (χ3n) is 3.73. The second kappa shape index (κ2) is 7.09. The Bertz CT molecular complexity index is 1020. The van der Waals surface area contributed by atoms with E-state index in [2.05, 4.69) is 5.32 Å². The molecule has 2 aromatic carbocycles. The Labute approximate surface area is 152 Å². The summed E-state index contributed by atoms with van der Waals surface area (Å²) in [6.45, 7) is 3.82. The molecule has 6 nitrogen and oxygen atoms in total. The van der Waals surface area contributed by atoms with Gasteiger partial charge in [0.15, 0.2) is 0 Å². The van der Waals surface area contributed by atoms with Crippen molar-refractivity contribution in [3.63, 3.8) is 0 Å². The molecule has 1 aromatic heterocycles. The number of nitrogens with one attached hydrogen (secondary N) is 1. The number of nitrogens with zero attached hydrogens (tertiary/aromatic N) is 1. The van der Waals surface area contributed by atoms with Gasteiger partial charge in [0.1, 0.15) is 22.1 Å². The Morgan fingerprint density at radius 3 is 2.77 bits per heavy atom. The molecule has 0 unspecified atom stereocenters. The Hall–Kier alpha value is -3.00. The lowest BCUT2D eigenvalue weighted by Gasteiger charge is -2.08. The van der Waals surface area contributed by atoms with Crippen molar-refractivity contribution in [2.75, 3.05) is 11.9 Å². The molecule has 0 radical (unpaired) electrons. The Morgan fingerprint density at radius 2 is 2.08 bits per heavy atom. The fraction of sp³-hybridized carbons (Fsp3) is 0.167. The molecule has 3 rings (SSSR count). The lowest BCUT2D eigenvalue weighted by Crippen LogP contribution is -2.07. The van der Waals surface area contributed by atoms with Gasteiger partial charge in [-0.2, -0.15) is 0 Å². The van der Waals surface area contributed by atoms with Gasteiger partial charge in [-0.15, -0.1) is 11.3 Å². The van der Waals surface area contributed by atoms with Crippen LogP contribution in [0.1, 0.15) is 22.8 Å². The van der Waals surface area contributed by atoms with E-state index in [0.717, 1.165) is 28.5 Å². The second-order valence-corrected chi connectivity index (χ2v) is 6.62. The number of carbonyl (C=O) groups is 1. The zero-order valence-electron chi connectivity index (χ0n) is 14.0. The lowest BCUT2D eigenvalue weighted by atomic mass is 10.1. The van der Waals surface area contributed by atoms with E-state index in [1.807, 2.05) is 19.1 Å². The second-order valence-electron chi connectivity index (χ2n) is 5.57. The van der Waals surface area contributed by atoms with Crippen molar-refractivity contribution in [1.82, 2.24) is 0 Å². The molecule has 26 heavy (non-hydrogen) atoms. The average Bonchev–Trinajstić information content (AvgIpc) is 2.91. The number of hydrogen-bond donors (Lipinski definition) is 1. The molecule has 0 bridgehead atoms. The minimum Gasteiger partial charge on any atom is -0.462 e. The first-order valence-corrected chi connectivity index (χ1v) is 8.63. The molecule has 1 N–H and O–H groups in total. The number of nitro benzene ring substituents is 1. The lowest BCUT2D eigenvalue weighted by molar-refractivity contribution is -0.384. The topological polar surface area (TPSA) is 81.5 Å². The molecule has 3 aromatic rings. The van der Waals surface area contributed by atoms with E-state index in [9.17, 15) is 19.3 Å². The standard InChI is InChI=1S/C18H15FN2O4S/c1-3-25-18(22)16-12-6-4-10(2)8-15(12)26-17(16)20-13-9-11(19)5-7-14(13)21(23)24/h4-9,20H,3H2,1-2H3. The molecule has 0 saturated heterocycles. The van der Waals surface area contributed by atoms with Crippen molar-refractivity contribution in [3.05, 3.63) is 63.5 Å². The summed E-state index contributed by atoms with van der Waals surface area (Å²) < 4.78 is 19.6. The molecule has 8 heteroatoms. The summed E-state index contributed by atoms with van der Waals surface area (Å²) in [4.78, 5) is 23.0.